The van der Waals surface area contributed by atoms with E-state index in [0.717, 1.165) is 32.0 Å². The van der Waals surface area contributed by atoms with Gasteiger partial charge in [0.2, 0.25) is 0 Å². The van der Waals surface area contributed by atoms with Crippen molar-refractivity contribution in [2.24, 2.45) is 4.99 Å². The number of aliphatic imine (C=N–C) groups is 1. The van der Waals surface area contributed by atoms with Crippen LogP contribution in [0.2, 0.25) is 0 Å². The Hall–Kier alpha value is -1.53. The van der Waals surface area contributed by atoms with E-state index in [-0.39, 0.29) is 6.54 Å². The number of furan rings is 1. The van der Waals surface area contributed by atoms with Gasteiger partial charge in [0, 0.05) is 25.7 Å². The highest BCUT2D eigenvalue weighted by Gasteiger charge is 2.26. The van der Waals surface area contributed by atoms with Gasteiger partial charge in [-0.1, -0.05) is 6.42 Å². The van der Waals surface area contributed by atoms with Gasteiger partial charge in [0.25, 0.3) is 0 Å². The summed E-state index contributed by atoms with van der Waals surface area (Å²) >= 11 is 0. The summed E-state index contributed by atoms with van der Waals surface area (Å²) in [6, 6.07) is 4.26. The molecule has 1 aliphatic rings. The molecule has 0 aromatic carbocycles. The summed E-state index contributed by atoms with van der Waals surface area (Å²) in [6.45, 7) is 10.3. The molecule has 1 fully saturated rings. The molecule has 0 saturated carbocycles. The fraction of sp³-hybridized carbons (Fsp3) is 0.737. The van der Waals surface area contributed by atoms with E-state index in [1.165, 1.54) is 25.8 Å². The zero-order valence-electron chi connectivity index (χ0n) is 15.9. The molecule has 0 radical (unpaired) electrons. The summed E-state index contributed by atoms with van der Waals surface area (Å²) < 4.78 is 5.30. The summed E-state index contributed by atoms with van der Waals surface area (Å²) in [4.78, 5) is 7.09. The lowest BCUT2D eigenvalue weighted by Crippen LogP contribution is -2.42. The minimum absolute atomic E-state index is 0.249. The Morgan fingerprint density at radius 3 is 2.96 bits per heavy atom. The van der Waals surface area contributed by atoms with Crippen LogP contribution in [0.25, 0.3) is 0 Å². The van der Waals surface area contributed by atoms with Crippen LogP contribution in [-0.2, 0) is 5.60 Å². The van der Waals surface area contributed by atoms with Gasteiger partial charge in [-0.05, 0) is 58.7 Å². The minimum atomic E-state index is -1.10. The van der Waals surface area contributed by atoms with Crippen LogP contribution in [0.15, 0.2) is 27.8 Å². The van der Waals surface area contributed by atoms with Gasteiger partial charge in [0.05, 0.1) is 12.8 Å². The topological polar surface area (TPSA) is 73.0 Å². The molecule has 1 aliphatic heterocycles. The third kappa shape index (κ3) is 6.36. The average Bonchev–Trinajstić information content (AvgIpc) is 3.13. The first kappa shape index (κ1) is 19.8. The van der Waals surface area contributed by atoms with Gasteiger partial charge in [0.15, 0.2) is 5.96 Å². The Balaban J connectivity index is 1.77. The Morgan fingerprint density at radius 1 is 1.44 bits per heavy atom. The van der Waals surface area contributed by atoms with Gasteiger partial charge in [-0.25, -0.2) is 4.99 Å². The van der Waals surface area contributed by atoms with E-state index in [0.29, 0.717) is 11.8 Å². The van der Waals surface area contributed by atoms with Gasteiger partial charge in [-0.15, -0.1) is 0 Å². The van der Waals surface area contributed by atoms with E-state index in [9.17, 15) is 5.11 Å². The van der Waals surface area contributed by atoms with Crippen molar-refractivity contribution in [2.75, 3.05) is 32.7 Å². The van der Waals surface area contributed by atoms with Gasteiger partial charge >= 0.3 is 0 Å². The molecular weight excluding hydrogens is 316 g/mol. The summed E-state index contributed by atoms with van der Waals surface area (Å²) in [5.41, 5.74) is -1.10. The number of piperidine rings is 1. The molecule has 1 aromatic rings. The molecule has 0 aliphatic carbocycles. The molecular formula is C19H34N4O2. The molecule has 6 nitrogen and oxygen atoms in total. The van der Waals surface area contributed by atoms with Gasteiger partial charge < -0.3 is 25.1 Å². The van der Waals surface area contributed by atoms with Crippen molar-refractivity contribution < 1.29 is 9.52 Å². The van der Waals surface area contributed by atoms with Crippen LogP contribution in [0.1, 0.15) is 52.2 Å². The highest BCUT2D eigenvalue weighted by Crippen LogP contribution is 2.21. The molecule has 0 spiro atoms. The smallest absolute Gasteiger partial charge is 0.191 e. The second kappa shape index (κ2) is 9.82. The molecule has 0 amide bonds. The molecule has 142 valence electrons. The number of likely N-dealkylation sites (tertiary alicyclic amines) is 1. The lowest BCUT2D eigenvalue weighted by Gasteiger charge is -2.33. The van der Waals surface area contributed by atoms with Crippen LogP contribution >= 0.6 is 0 Å². The van der Waals surface area contributed by atoms with Gasteiger partial charge in [0.1, 0.15) is 11.4 Å². The molecule has 1 aromatic heterocycles. The second-order valence-corrected chi connectivity index (χ2v) is 7.11. The van der Waals surface area contributed by atoms with Gasteiger partial charge in [-0.2, -0.15) is 0 Å². The molecule has 1 saturated heterocycles. The molecule has 2 atom stereocenters. The number of nitrogens with zero attached hydrogens (tertiary/aromatic N) is 2. The van der Waals surface area contributed by atoms with E-state index in [1.54, 1.807) is 25.3 Å². The predicted octanol–water partition coefficient (Wildman–Crippen LogP) is 2.31. The third-order valence-corrected chi connectivity index (χ3v) is 4.80. The van der Waals surface area contributed by atoms with E-state index < -0.39 is 5.60 Å². The van der Waals surface area contributed by atoms with Gasteiger partial charge in [-0.3, -0.25) is 0 Å². The number of aliphatic hydroxyl groups is 1. The van der Waals surface area contributed by atoms with Crippen molar-refractivity contribution in [3.63, 3.8) is 0 Å². The number of nitrogens with one attached hydrogen (secondary N) is 2. The largest absolute Gasteiger partial charge is 0.466 e. The Bertz CT molecular complexity index is 514. The van der Waals surface area contributed by atoms with Crippen molar-refractivity contribution in [2.45, 2.75) is 58.1 Å². The number of hydrogen-bond acceptors (Lipinski definition) is 4. The van der Waals surface area contributed by atoms with Crippen molar-refractivity contribution >= 4 is 5.96 Å². The molecule has 2 rings (SSSR count). The molecule has 25 heavy (non-hydrogen) atoms. The lowest BCUT2D eigenvalue weighted by atomic mass is 10.0. The van der Waals surface area contributed by atoms with Crippen LogP contribution in [-0.4, -0.2) is 54.7 Å². The van der Waals surface area contributed by atoms with E-state index in [4.69, 9.17) is 4.42 Å². The second-order valence-electron chi connectivity index (χ2n) is 7.11. The minimum Gasteiger partial charge on any atom is -0.466 e. The normalized spacial score (nSPS) is 21.8. The summed E-state index contributed by atoms with van der Waals surface area (Å²) in [5.74, 6) is 1.27. The first-order valence-electron chi connectivity index (χ1n) is 9.55. The Kier molecular flexibility index (Phi) is 7.78. The van der Waals surface area contributed by atoms with E-state index >= 15 is 0 Å². The van der Waals surface area contributed by atoms with Crippen LogP contribution < -0.4 is 10.6 Å². The Morgan fingerprint density at radius 2 is 2.28 bits per heavy atom. The first-order chi connectivity index (χ1) is 12.0. The fourth-order valence-electron chi connectivity index (χ4n) is 3.22. The van der Waals surface area contributed by atoms with Crippen LogP contribution in [0, 0.1) is 0 Å². The van der Waals surface area contributed by atoms with Crippen LogP contribution in [0.4, 0.5) is 0 Å². The van der Waals surface area contributed by atoms with Crippen molar-refractivity contribution in [1.82, 2.24) is 15.5 Å². The highest BCUT2D eigenvalue weighted by atomic mass is 16.4. The highest BCUT2D eigenvalue weighted by molar-refractivity contribution is 5.79. The molecule has 6 heteroatoms. The standard InChI is InChI=1S/C19H34N4O2/c1-4-20-18(22-15-19(3,24)17-10-7-14-25-17)21-11-8-13-23-12-6-5-9-16(23)2/h7,10,14,16,24H,4-6,8-9,11-13,15H2,1-3H3,(H2,20,21,22). The zero-order chi connectivity index (χ0) is 18.1. The summed E-state index contributed by atoms with van der Waals surface area (Å²) in [5, 5.41) is 17.1. The molecule has 2 unspecified atom stereocenters. The first-order valence-corrected chi connectivity index (χ1v) is 9.55. The predicted molar refractivity (Wildman–Crippen MR) is 102 cm³/mol. The van der Waals surface area contributed by atoms with Crippen molar-refractivity contribution in [1.29, 1.82) is 0 Å². The SMILES string of the molecule is CCNC(=NCC(C)(O)c1ccco1)NCCCN1CCCCC1C. The van der Waals surface area contributed by atoms with E-state index in [1.807, 2.05) is 6.92 Å². The number of rotatable bonds is 8. The van der Waals surface area contributed by atoms with Crippen molar-refractivity contribution in [3.05, 3.63) is 24.2 Å². The monoisotopic (exact) mass is 350 g/mol. The lowest BCUT2D eigenvalue weighted by molar-refractivity contribution is 0.0437. The maximum Gasteiger partial charge on any atom is 0.191 e. The third-order valence-electron chi connectivity index (χ3n) is 4.80. The maximum absolute atomic E-state index is 10.5. The van der Waals surface area contributed by atoms with Crippen LogP contribution in [0.3, 0.4) is 0 Å². The molecule has 3 N–H and O–H groups in total. The Labute approximate surface area is 151 Å². The fourth-order valence-corrected chi connectivity index (χ4v) is 3.22. The maximum atomic E-state index is 10.5. The molecule has 2 heterocycles. The van der Waals surface area contributed by atoms with E-state index in [2.05, 4.69) is 27.4 Å². The summed E-state index contributed by atoms with van der Waals surface area (Å²) in [6.07, 6.45) is 6.66. The number of hydrogen-bond donors (Lipinski definition) is 3. The average molecular weight is 351 g/mol. The molecule has 0 bridgehead atoms. The number of guanidine groups is 1. The van der Waals surface area contributed by atoms with Crippen LogP contribution in [0.5, 0.6) is 0 Å². The van der Waals surface area contributed by atoms with Crippen molar-refractivity contribution in [3.8, 4) is 0 Å². The summed E-state index contributed by atoms with van der Waals surface area (Å²) in [7, 11) is 0. The zero-order valence-corrected chi connectivity index (χ0v) is 15.9. The quantitative estimate of drug-likeness (QED) is 0.381.